The summed E-state index contributed by atoms with van der Waals surface area (Å²) < 4.78 is 5.17. The first-order chi connectivity index (χ1) is 10.7. The molecule has 0 spiro atoms. The fraction of sp³-hybridized carbons (Fsp3) is 0.625. The number of carbonyl (C=O) groups is 2. The van der Waals surface area contributed by atoms with Crippen LogP contribution in [-0.4, -0.2) is 25.2 Å². The Labute approximate surface area is 135 Å². The van der Waals surface area contributed by atoms with Gasteiger partial charge >= 0.3 is 12.0 Å². The van der Waals surface area contributed by atoms with E-state index in [1.54, 1.807) is 6.92 Å². The number of esters is 1. The second-order valence-corrected chi connectivity index (χ2v) is 6.48. The van der Waals surface area contributed by atoms with Crippen molar-refractivity contribution in [1.82, 2.24) is 5.32 Å². The number of ether oxygens (including phenoxy) is 1. The van der Waals surface area contributed by atoms with Gasteiger partial charge in [-0.2, -0.15) is 0 Å². The Balaban J connectivity index is 2.17. The van der Waals surface area contributed by atoms with Crippen LogP contribution in [0.5, 0.6) is 0 Å². The Morgan fingerprint density at radius 3 is 2.73 bits per heavy atom. The van der Waals surface area contributed by atoms with Crippen molar-refractivity contribution in [3.8, 4) is 0 Å². The van der Waals surface area contributed by atoms with E-state index in [4.69, 9.17) is 4.74 Å². The molecule has 1 aliphatic carbocycles. The molecule has 22 heavy (non-hydrogen) atoms. The number of hydrogen-bond acceptors (Lipinski definition) is 4. The lowest BCUT2D eigenvalue weighted by Gasteiger charge is -2.12. The number of amides is 2. The first-order valence-corrected chi connectivity index (χ1v) is 8.85. The van der Waals surface area contributed by atoms with Gasteiger partial charge in [0.1, 0.15) is 5.00 Å². The number of carbonyl (C=O) groups excluding carboxylic acids is 2. The van der Waals surface area contributed by atoms with Crippen molar-refractivity contribution in [2.75, 3.05) is 18.5 Å². The minimum absolute atomic E-state index is 0.252. The third-order valence-corrected chi connectivity index (χ3v) is 4.90. The second-order valence-electron chi connectivity index (χ2n) is 5.37. The zero-order valence-electron chi connectivity index (χ0n) is 13.3. The Hall–Kier alpha value is -1.56. The predicted octanol–water partition coefficient (Wildman–Crippen LogP) is 3.73. The normalized spacial score (nSPS) is 13.4. The molecular formula is C16H24N2O3S. The quantitative estimate of drug-likeness (QED) is 0.619. The molecule has 0 aliphatic heterocycles. The third kappa shape index (κ3) is 4.00. The number of hydrogen-bond donors (Lipinski definition) is 2. The van der Waals surface area contributed by atoms with E-state index >= 15 is 0 Å². The number of fused-ring (bicyclic) bond motifs is 1. The SMILES string of the molecule is CCCCNC(=O)Nc1sc2c(c1C(=O)OCC)CCCC2. The van der Waals surface area contributed by atoms with Crippen LogP contribution in [0, 0.1) is 0 Å². The average molecular weight is 324 g/mol. The smallest absolute Gasteiger partial charge is 0.341 e. The molecule has 0 atom stereocenters. The van der Waals surface area contributed by atoms with Crippen molar-refractivity contribution in [3.05, 3.63) is 16.0 Å². The molecule has 2 N–H and O–H groups in total. The fourth-order valence-corrected chi connectivity index (χ4v) is 3.87. The molecule has 1 aromatic heterocycles. The Morgan fingerprint density at radius 1 is 1.23 bits per heavy atom. The third-order valence-electron chi connectivity index (χ3n) is 3.69. The van der Waals surface area contributed by atoms with Gasteiger partial charge in [0, 0.05) is 11.4 Å². The minimum atomic E-state index is -0.328. The highest BCUT2D eigenvalue weighted by Crippen LogP contribution is 2.38. The molecule has 0 bridgehead atoms. The molecule has 6 heteroatoms. The van der Waals surface area contributed by atoms with Gasteiger partial charge in [0.05, 0.1) is 12.2 Å². The molecule has 1 aliphatic rings. The topological polar surface area (TPSA) is 67.4 Å². The number of unbranched alkanes of at least 4 members (excludes halogenated alkanes) is 1. The van der Waals surface area contributed by atoms with Crippen LogP contribution in [0.25, 0.3) is 0 Å². The van der Waals surface area contributed by atoms with E-state index in [0.717, 1.165) is 44.1 Å². The lowest BCUT2D eigenvalue weighted by Crippen LogP contribution is -2.29. The van der Waals surface area contributed by atoms with Gasteiger partial charge in [-0.05, 0) is 44.6 Å². The van der Waals surface area contributed by atoms with Crippen LogP contribution < -0.4 is 10.6 Å². The highest BCUT2D eigenvalue weighted by molar-refractivity contribution is 7.17. The summed E-state index contributed by atoms with van der Waals surface area (Å²) in [6.45, 7) is 4.85. The Morgan fingerprint density at radius 2 is 2.00 bits per heavy atom. The van der Waals surface area contributed by atoms with Crippen LogP contribution in [0.4, 0.5) is 9.80 Å². The van der Waals surface area contributed by atoms with Crippen LogP contribution in [0.15, 0.2) is 0 Å². The molecular weight excluding hydrogens is 300 g/mol. The summed E-state index contributed by atoms with van der Waals surface area (Å²) in [7, 11) is 0. The molecule has 2 rings (SSSR count). The summed E-state index contributed by atoms with van der Waals surface area (Å²) in [6, 6.07) is -0.252. The van der Waals surface area contributed by atoms with E-state index in [1.165, 1.54) is 16.2 Å². The minimum Gasteiger partial charge on any atom is -0.462 e. The van der Waals surface area contributed by atoms with Crippen molar-refractivity contribution in [1.29, 1.82) is 0 Å². The molecule has 0 aromatic carbocycles. The van der Waals surface area contributed by atoms with Crippen LogP contribution in [0.2, 0.25) is 0 Å². The Bertz CT molecular complexity index is 540. The number of nitrogens with one attached hydrogen (secondary N) is 2. The van der Waals surface area contributed by atoms with E-state index < -0.39 is 0 Å². The maximum absolute atomic E-state index is 12.3. The van der Waals surface area contributed by atoms with E-state index in [1.807, 2.05) is 0 Å². The summed E-state index contributed by atoms with van der Waals surface area (Å²) in [5.41, 5.74) is 1.63. The van der Waals surface area contributed by atoms with Crippen LogP contribution in [0.1, 0.15) is 60.3 Å². The van der Waals surface area contributed by atoms with Crippen molar-refractivity contribution in [2.24, 2.45) is 0 Å². The number of rotatable bonds is 6. The van der Waals surface area contributed by atoms with Gasteiger partial charge in [-0.1, -0.05) is 13.3 Å². The maximum Gasteiger partial charge on any atom is 0.341 e. The number of urea groups is 1. The van der Waals surface area contributed by atoms with E-state index in [-0.39, 0.29) is 12.0 Å². The van der Waals surface area contributed by atoms with Crippen molar-refractivity contribution < 1.29 is 14.3 Å². The molecule has 0 saturated carbocycles. The van der Waals surface area contributed by atoms with Gasteiger partial charge in [0.2, 0.25) is 0 Å². The van der Waals surface area contributed by atoms with Crippen molar-refractivity contribution in [3.63, 3.8) is 0 Å². The highest BCUT2D eigenvalue weighted by Gasteiger charge is 2.27. The first kappa shape index (κ1) is 16.8. The Kier molecular flexibility index (Phi) is 6.24. The molecule has 0 radical (unpaired) electrons. The fourth-order valence-electron chi connectivity index (χ4n) is 2.60. The zero-order valence-corrected chi connectivity index (χ0v) is 14.1. The monoisotopic (exact) mass is 324 g/mol. The highest BCUT2D eigenvalue weighted by atomic mass is 32.1. The van der Waals surface area contributed by atoms with Gasteiger partial charge in [0.25, 0.3) is 0 Å². The molecule has 2 amide bonds. The maximum atomic E-state index is 12.3. The molecule has 122 valence electrons. The summed E-state index contributed by atoms with van der Waals surface area (Å²) in [6.07, 6.45) is 6.06. The zero-order chi connectivity index (χ0) is 15.9. The van der Waals surface area contributed by atoms with E-state index in [0.29, 0.717) is 23.7 Å². The van der Waals surface area contributed by atoms with Gasteiger partial charge < -0.3 is 10.1 Å². The molecule has 1 aromatic rings. The standard InChI is InChI=1S/C16H24N2O3S/c1-3-5-10-17-16(20)18-14-13(15(19)21-4-2)11-8-6-7-9-12(11)22-14/h3-10H2,1-2H3,(H2,17,18,20). The summed E-state index contributed by atoms with van der Waals surface area (Å²) >= 11 is 1.51. The predicted molar refractivity (Wildman–Crippen MR) is 88.8 cm³/mol. The first-order valence-electron chi connectivity index (χ1n) is 8.03. The molecule has 0 unspecified atom stereocenters. The summed E-state index contributed by atoms with van der Waals surface area (Å²) in [5, 5.41) is 6.27. The van der Waals surface area contributed by atoms with E-state index in [2.05, 4.69) is 17.6 Å². The lowest BCUT2D eigenvalue weighted by atomic mass is 9.95. The molecule has 1 heterocycles. The van der Waals surface area contributed by atoms with E-state index in [9.17, 15) is 9.59 Å². The van der Waals surface area contributed by atoms with Crippen LogP contribution in [-0.2, 0) is 17.6 Å². The van der Waals surface area contributed by atoms with Crippen LogP contribution >= 0.6 is 11.3 Å². The van der Waals surface area contributed by atoms with Gasteiger partial charge in [-0.3, -0.25) is 5.32 Å². The number of thiophene rings is 1. The lowest BCUT2D eigenvalue weighted by molar-refractivity contribution is 0.0526. The number of anilines is 1. The molecule has 0 saturated heterocycles. The summed E-state index contributed by atoms with van der Waals surface area (Å²) in [4.78, 5) is 25.4. The number of aryl methyl sites for hydroxylation is 1. The average Bonchev–Trinajstić information content (AvgIpc) is 2.85. The molecule has 5 nitrogen and oxygen atoms in total. The second kappa shape index (κ2) is 8.17. The van der Waals surface area contributed by atoms with Gasteiger partial charge in [-0.15, -0.1) is 11.3 Å². The summed E-state index contributed by atoms with van der Waals surface area (Å²) in [5.74, 6) is -0.328. The van der Waals surface area contributed by atoms with Crippen LogP contribution in [0.3, 0.4) is 0 Å². The largest absolute Gasteiger partial charge is 0.462 e. The van der Waals surface area contributed by atoms with Crippen molar-refractivity contribution >= 4 is 28.3 Å². The molecule has 0 fully saturated rings. The van der Waals surface area contributed by atoms with Crippen molar-refractivity contribution in [2.45, 2.75) is 52.4 Å². The van der Waals surface area contributed by atoms with Gasteiger partial charge in [0.15, 0.2) is 0 Å². The van der Waals surface area contributed by atoms with Gasteiger partial charge in [-0.25, -0.2) is 9.59 Å².